The first-order valence-corrected chi connectivity index (χ1v) is 9.87. The van der Waals surface area contributed by atoms with E-state index in [0.717, 1.165) is 0 Å². The van der Waals surface area contributed by atoms with E-state index in [4.69, 9.17) is 16.3 Å². The van der Waals surface area contributed by atoms with Crippen LogP contribution in [0.1, 0.15) is 40.4 Å². The highest BCUT2D eigenvalue weighted by atomic mass is 35.5. The third-order valence-corrected chi connectivity index (χ3v) is 4.50. The third-order valence-electron chi connectivity index (χ3n) is 4.18. The second-order valence-electron chi connectivity index (χ2n) is 6.96. The molecular formula is C22H21ClN4O4. The summed E-state index contributed by atoms with van der Waals surface area (Å²) in [5, 5.41) is 4.54. The van der Waals surface area contributed by atoms with Crippen molar-refractivity contribution in [2.75, 3.05) is 0 Å². The number of hydrogen-bond acceptors (Lipinski definition) is 5. The molecule has 3 aromatic rings. The highest BCUT2D eigenvalue weighted by molar-refractivity contribution is 6.32. The van der Waals surface area contributed by atoms with Crippen molar-refractivity contribution in [1.29, 1.82) is 0 Å². The lowest BCUT2D eigenvalue weighted by Crippen LogP contribution is -2.44. The van der Waals surface area contributed by atoms with Crippen LogP contribution in [-0.2, 0) is 0 Å². The Hall–Kier alpha value is -3.65. The van der Waals surface area contributed by atoms with Gasteiger partial charge in [-0.15, -0.1) is 0 Å². The van der Waals surface area contributed by atoms with Crippen molar-refractivity contribution >= 4 is 23.4 Å². The van der Waals surface area contributed by atoms with Crippen molar-refractivity contribution in [2.45, 2.75) is 26.9 Å². The van der Waals surface area contributed by atoms with Crippen molar-refractivity contribution < 1.29 is 14.3 Å². The maximum absolute atomic E-state index is 12.5. The van der Waals surface area contributed by atoms with E-state index < -0.39 is 17.2 Å². The molecule has 0 aliphatic carbocycles. The molecular weight excluding hydrogens is 420 g/mol. The summed E-state index contributed by atoms with van der Waals surface area (Å²) >= 11 is 6.21. The monoisotopic (exact) mass is 440 g/mol. The molecule has 0 saturated heterocycles. The summed E-state index contributed by atoms with van der Waals surface area (Å²) in [7, 11) is 0. The van der Waals surface area contributed by atoms with Crippen LogP contribution in [0.25, 0.3) is 5.69 Å². The molecule has 0 bridgehead atoms. The van der Waals surface area contributed by atoms with E-state index in [2.05, 4.69) is 16.0 Å². The maximum Gasteiger partial charge on any atom is 0.294 e. The molecule has 0 spiro atoms. The lowest BCUT2D eigenvalue weighted by atomic mass is 10.2. The van der Waals surface area contributed by atoms with Crippen LogP contribution in [0.5, 0.6) is 5.75 Å². The van der Waals surface area contributed by atoms with Crippen molar-refractivity contribution in [3.63, 3.8) is 0 Å². The van der Waals surface area contributed by atoms with E-state index in [1.165, 1.54) is 10.7 Å². The molecule has 9 heteroatoms. The molecule has 0 radical (unpaired) electrons. The van der Waals surface area contributed by atoms with Gasteiger partial charge in [0, 0.05) is 17.3 Å². The molecule has 0 unspecified atom stereocenters. The largest absolute Gasteiger partial charge is 0.491 e. The maximum atomic E-state index is 12.5. The van der Waals surface area contributed by atoms with Crippen LogP contribution >= 0.6 is 11.6 Å². The fourth-order valence-corrected chi connectivity index (χ4v) is 2.99. The minimum Gasteiger partial charge on any atom is -0.491 e. The fourth-order valence-electron chi connectivity index (χ4n) is 2.77. The standard InChI is InChI=1S/C22H21ClN4O4/c1-13(2)31-16-10-8-15(9-11-16)21(29)24-25-22(30)20-19(28)12-14(3)27(26-20)18-7-5-4-6-17(18)23/h4-13H,1-3H3,(H,24,29)(H,25,30). The number of amides is 2. The van der Waals surface area contributed by atoms with Gasteiger partial charge in [-0.25, -0.2) is 4.68 Å². The fraction of sp³-hybridized carbons (Fsp3) is 0.182. The minimum atomic E-state index is -0.848. The number of aryl methyl sites for hydroxylation is 1. The molecule has 160 valence electrons. The summed E-state index contributed by atoms with van der Waals surface area (Å²) in [6.45, 7) is 5.47. The number of benzene rings is 2. The second kappa shape index (κ2) is 9.44. The van der Waals surface area contributed by atoms with E-state index in [-0.39, 0.29) is 11.8 Å². The zero-order valence-electron chi connectivity index (χ0n) is 17.2. The average molecular weight is 441 g/mol. The Morgan fingerprint density at radius 2 is 1.68 bits per heavy atom. The molecule has 31 heavy (non-hydrogen) atoms. The van der Waals surface area contributed by atoms with Crippen LogP contribution in [0.2, 0.25) is 5.02 Å². The van der Waals surface area contributed by atoms with Gasteiger partial charge in [-0.2, -0.15) is 5.10 Å². The van der Waals surface area contributed by atoms with Gasteiger partial charge in [0.1, 0.15) is 5.75 Å². The van der Waals surface area contributed by atoms with Crippen molar-refractivity contribution in [1.82, 2.24) is 20.6 Å². The van der Waals surface area contributed by atoms with Gasteiger partial charge in [-0.05, 0) is 57.2 Å². The molecule has 0 fully saturated rings. The van der Waals surface area contributed by atoms with Crippen LogP contribution in [-0.4, -0.2) is 27.7 Å². The number of rotatable bonds is 5. The Balaban J connectivity index is 1.75. The Morgan fingerprint density at radius 1 is 1.03 bits per heavy atom. The Kier molecular flexibility index (Phi) is 6.71. The topological polar surface area (TPSA) is 102 Å². The highest BCUT2D eigenvalue weighted by Crippen LogP contribution is 2.19. The molecule has 1 aromatic heterocycles. The zero-order valence-corrected chi connectivity index (χ0v) is 17.9. The van der Waals surface area contributed by atoms with Crippen LogP contribution in [0.4, 0.5) is 0 Å². The van der Waals surface area contributed by atoms with E-state index in [1.807, 2.05) is 13.8 Å². The van der Waals surface area contributed by atoms with Crippen molar-refractivity contribution in [2.24, 2.45) is 0 Å². The first-order chi connectivity index (χ1) is 14.8. The molecule has 3 rings (SSSR count). The minimum absolute atomic E-state index is 0.00999. The smallest absolute Gasteiger partial charge is 0.294 e. The number of carbonyl (C=O) groups excluding carboxylic acids is 2. The number of halogens is 1. The normalized spacial score (nSPS) is 10.6. The van der Waals surface area contributed by atoms with Crippen LogP contribution in [0.15, 0.2) is 59.4 Å². The van der Waals surface area contributed by atoms with Crippen LogP contribution < -0.4 is 21.0 Å². The van der Waals surface area contributed by atoms with Gasteiger partial charge in [-0.3, -0.25) is 25.2 Å². The quantitative estimate of drug-likeness (QED) is 0.593. The van der Waals surface area contributed by atoms with Crippen molar-refractivity contribution in [3.8, 4) is 11.4 Å². The SMILES string of the molecule is Cc1cc(=O)c(C(=O)NNC(=O)c2ccc(OC(C)C)cc2)nn1-c1ccccc1Cl. The Labute approximate surface area is 183 Å². The number of nitrogens with one attached hydrogen (secondary N) is 2. The summed E-state index contributed by atoms with van der Waals surface area (Å²) in [6.07, 6.45) is 0.00999. The van der Waals surface area contributed by atoms with Gasteiger partial charge in [-0.1, -0.05) is 23.7 Å². The summed E-state index contributed by atoms with van der Waals surface area (Å²) in [5.74, 6) is -0.776. The number of nitrogens with zero attached hydrogens (tertiary/aromatic N) is 2. The molecule has 0 aliphatic heterocycles. The van der Waals surface area contributed by atoms with Gasteiger partial charge in [0.05, 0.1) is 16.8 Å². The van der Waals surface area contributed by atoms with Gasteiger partial charge in [0.15, 0.2) is 5.69 Å². The average Bonchev–Trinajstić information content (AvgIpc) is 2.73. The predicted octanol–water partition coefficient (Wildman–Crippen LogP) is 3.06. The highest BCUT2D eigenvalue weighted by Gasteiger charge is 2.17. The number of aromatic nitrogens is 2. The lowest BCUT2D eigenvalue weighted by Gasteiger charge is -2.13. The second-order valence-corrected chi connectivity index (χ2v) is 7.37. The summed E-state index contributed by atoms with van der Waals surface area (Å²) in [6, 6.07) is 14.6. The first-order valence-electron chi connectivity index (χ1n) is 9.49. The molecule has 0 aliphatic rings. The molecule has 0 saturated carbocycles. The van der Waals surface area contributed by atoms with Gasteiger partial charge in [0.2, 0.25) is 5.43 Å². The molecule has 2 N–H and O–H groups in total. The summed E-state index contributed by atoms with van der Waals surface area (Å²) < 4.78 is 6.92. The lowest BCUT2D eigenvalue weighted by molar-refractivity contribution is 0.0842. The van der Waals surface area contributed by atoms with E-state index in [1.54, 1.807) is 55.5 Å². The number of para-hydroxylation sites is 1. The summed E-state index contributed by atoms with van der Waals surface area (Å²) in [4.78, 5) is 37.1. The molecule has 8 nitrogen and oxygen atoms in total. The molecule has 2 amide bonds. The number of ether oxygens (including phenoxy) is 1. The first kappa shape index (κ1) is 22.0. The van der Waals surface area contributed by atoms with Gasteiger partial charge < -0.3 is 4.74 Å². The number of hydrogen-bond donors (Lipinski definition) is 2. The molecule has 2 aromatic carbocycles. The summed E-state index contributed by atoms with van der Waals surface area (Å²) in [5.41, 5.74) is 4.86. The number of hydrazine groups is 1. The van der Waals surface area contributed by atoms with Crippen LogP contribution in [0, 0.1) is 6.92 Å². The predicted molar refractivity (Wildman–Crippen MR) is 117 cm³/mol. The Morgan fingerprint density at radius 3 is 2.32 bits per heavy atom. The van der Waals surface area contributed by atoms with E-state index in [9.17, 15) is 14.4 Å². The zero-order chi connectivity index (χ0) is 22.5. The Bertz CT molecular complexity index is 1170. The molecule has 0 atom stereocenters. The third kappa shape index (κ3) is 5.29. The van der Waals surface area contributed by atoms with Crippen molar-refractivity contribution in [3.05, 3.63) is 86.8 Å². The van der Waals surface area contributed by atoms with Gasteiger partial charge >= 0.3 is 0 Å². The van der Waals surface area contributed by atoms with Gasteiger partial charge in [0.25, 0.3) is 11.8 Å². The van der Waals surface area contributed by atoms with Crippen LogP contribution in [0.3, 0.4) is 0 Å². The number of carbonyl (C=O) groups is 2. The molecule has 1 heterocycles. The van der Waals surface area contributed by atoms with E-state index in [0.29, 0.717) is 27.7 Å². The van der Waals surface area contributed by atoms with E-state index >= 15 is 0 Å².